The number of rotatable bonds is 6. The van der Waals surface area contributed by atoms with Crippen molar-refractivity contribution in [2.75, 3.05) is 18.4 Å². The van der Waals surface area contributed by atoms with Crippen molar-refractivity contribution < 1.29 is 4.79 Å². The van der Waals surface area contributed by atoms with Crippen LogP contribution >= 0.6 is 0 Å². The maximum Gasteiger partial charge on any atom is 0.319 e. The van der Waals surface area contributed by atoms with E-state index in [9.17, 15) is 10.1 Å². The molecule has 1 aliphatic rings. The standard InChI is InChI=1S/C29H26N6O/c30-18-22-16-26(23-4-2-1-3-5-23)27(33-19-22)24-8-6-21(7-9-24)17-29(12-15-32-20-29)35-28(36)34-25-10-13-31-14-11-25/h1-11,13-14,16,19,32H,12,15,17,20H2,(H2,31,34,35,36)/t29-/m0/s1. The number of amides is 2. The van der Waals surface area contributed by atoms with Crippen LogP contribution in [0.2, 0.25) is 0 Å². The highest BCUT2D eigenvalue weighted by Crippen LogP contribution is 2.32. The van der Waals surface area contributed by atoms with E-state index >= 15 is 0 Å². The van der Waals surface area contributed by atoms with Crippen LogP contribution in [0, 0.1) is 11.3 Å². The second-order valence-corrected chi connectivity index (χ2v) is 8.99. The molecule has 7 heteroatoms. The summed E-state index contributed by atoms with van der Waals surface area (Å²) in [6.45, 7) is 1.55. The van der Waals surface area contributed by atoms with Gasteiger partial charge in [0, 0.05) is 41.9 Å². The number of nitriles is 1. The fraction of sp³-hybridized carbons (Fsp3) is 0.172. The number of benzene rings is 2. The number of urea groups is 1. The quantitative estimate of drug-likeness (QED) is 0.373. The molecule has 0 unspecified atom stereocenters. The van der Waals surface area contributed by atoms with Gasteiger partial charge in [0.2, 0.25) is 0 Å². The van der Waals surface area contributed by atoms with Gasteiger partial charge in [-0.15, -0.1) is 0 Å². The summed E-state index contributed by atoms with van der Waals surface area (Å²) in [5.41, 5.74) is 5.73. The molecule has 1 saturated heterocycles. The monoisotopic (exact) mass is 474 g/mol. The molecule has 7 nitrogen and oxygen atoms in total. The van der Waals surface area contributed by atoms with Gasteiger partial charge in [-0.05, 0) is 48.7 Å². The van der Waals surface area contributed by atoms with E-state index in [1.807, 2.05) is 36.4 Å². The summed E-state index contributed by atoms with van der Waals surface area (Å²) < 4.78 is 0. The van der Waals surface area contributed by atoms with Gasteiger partial charge in [-0.2, -0.15) is 5.26 Å². The maximum absolute atomic E-state index is 12.7. The minimum Gasteiger partial charge on any atom is -0.331 e. The summed E-state index contributed by atoms with van der Waals surface area (Å²) in [6.07, 6.45) is 6.45. The molecule has 0 spiro atoms. The van der Waals surface area contributed by atoms with Crippen molar-refractivity contribution in [2.24, 2.45) is 0 Å². The predicted octanol–water partition coefficient (Wildman–Crippen LogP) is 4.78. The summed E-state index contributed by atoms with van der Waals surface area (Å²) in [7, 11) is 0. The Kier molecular flexibility index (Phi) is 6.69. The van der Waals surface area contributed by atoms with Crippen molar-refractivity contribution in [3.8, 4) is 28.5 Å². The van der Waals surface area contributed by atoms with Gasteiger partial charge in [-0.3, -0.25) is 9.97 Å². The van der Waals surface area contributed by atoms with Crippen molar-refractivity contribution in [3.63, 3.8) is 0 Å². The average Bonchev–Trinajstić information content (AvgIpc) is 3.37. The summed E-state index contributed by atoms with van der Waals surface area (Å²) >= 11 is 0. The van der Waals surface area contributed by atoms with Gasteiger partial charge in [0.15, 0.2) is 0 Å². The molecule has 36 heavy (non-hydrogen) atoms. The van der Waals surface area contributed by atoms with Crippen LogP contribution in [0.4, 0.5) is 10.5 Å². The molecule has 178 valence electrons. The smallest absolute Gasteiger partial charge is 0.319 e. The molecule has 3 heterocycles. The molecule has 5 rings (SSSR count). The molecular formula is C29H26N6O. The van der Waals surface area contributed by atoms with Gasteiger partial charge < -0.3 is 16.0 Å². The highest BCUT2D eigenvalue weighted by Gasteiger charge is 2.35. The van der Waals surface area contributed by atoms with Gasteiger partial charge in [-0.1, -0.05) is 54.6 Å². The zero-order valence-electron chi connectivity index (χ0n) is 19.7. The first-order chi connectivity index (χ1) is 17.6. The summed E-state index contributed by atoms with van der Waals surface area (Å²) in [5.74, 6) is 0. The summed E-state index contributed by atoms with van der Waals surface area (Å²) in [6, 6.07) is 25.6. The van der Waals surface area contributed by atoms with Crippen molar-refractivity contribution >= 4 is 11.7 Å². The van der Waals surface area contributed by atoms with Gasteiger partial charge in [-0.25, -0.2) is 4.79 Å². The molecule has 3 N–H and O–H groups in total. The third kappa shape index (κ3) is 5.24. The van der Waals surface area contributed by atoms with Gasteiger partial charge >= 0.3 is 6.03 Å². The minimum atomic E-state index is -0.374. The third-order valence-electron chi connectivity index (χ3n) is 6.43. The molecule has 1 atom stereocenters. The van der Waals surface area contributed by atoms with Crippen LogP contribution in [-0.4, -0.2) is 34.6 Å². The van der Waals surface area contributed by atoms with E-state index in [0.29, 0.717) is 24.2 Å². The van der Waals surface area contributed by atoms with E-state index in [-0.39, 0.29) is 11.6 Å². The number of carbonyl (C=O) groups excluding carboxylic acids is 1. The molecule has 1 aliphatic heterocycles. The second-order valence-electron chi connectivity index (χ2n) is 8.99. The topological polar surface area (TPSA) is 103 Å². The zero-order valence-corrected chi connectivity index (χ0v) is 19.7. The number of hydrogen-bond acceptors (Lipinski definition) is 5. The Balaban J connectivity index is 1.36. The summed E-state index contributed by atoms with van der Waals surface area (Å²) in [4.78, 5) is 21.3. The van der Waals surface area contributed by atoms with E-state index in [1.165, 1.54) is 0 Å². The fourth-order valence-electron chi connectivity index (χ4n) is 4.65. The molecule has 0 radical (unpaired) electrons. The lowest BCUT2D eigenvalue weighted by atomic mass is 9.89. The van der Waals surface area contributed by atoms with Crippen molar-refractivity contribution in [3.05, 3.63) is 103 Å². The molecule has 2 amide bonds. The first-order valence-electron chi connectivity index (χ1n) is 11.9. The molecule has 1 fully saturated rings. The SMILES string of the molecule is N#Cc1cnc(-c2ccc(C[C@@]3(NC(=O)Nc4ccncc4)CCNC3)cc2)c(-c2ccccc2)c1. The third-order valence-corrected chi connectivity index (χ3v) is 6.43. The number of aromatic nitrogens is 2. The number of hydrogen-bond donors (Lipinski definition) is 3. The highest BCUT2D eigenvalue weighted by molar-refractivity contribution is 5.89. The summed E-state index contributed by atoms with van der Waals surface area (Å²) in [5, 5.41) is 18.9. The second kappa shape index (κ2) is 10.4. The van der Waals surface area contributed by atoms with Crippen LogP contribution in [0.5, 0.6) is 0 Å². The Labute approximate surface area is 210 Å². The minimum absolute atomic E-state index is 0.226. The molecule has 0 bridgehead atoms. The van der Waals surface area contributed by atoms with Crippen LogP contribution < -0.4 is 16.0 Å². The molecule has 0 saturated carbocycles. The molecule has 2 aromatic carbocycles. The Morgan fingerprint density at radius 2 is 1.81 bits per heavy atom. The molecule has 0 aliphatic carbocycles. The number of anilines is 1. The van der Waals surface area contributed by atoms with Crippen LogP contribution in [0.25, 0.3) is 22.4 Å². The first kappa shape index (κ1) is 23.2. The molecule has 4 aromatic rings. The lowest BCUT2D eigenvalue weighted by Crippen LogP contribution is -2.53. The van der Waals surface area contributed by atoms with E-state index in [2.05, 4.69) is 56.3 Å². The fourth-order valence-corrected chi connectivity index (χ4v) is 4.65. The number of nitrogens with one attached hydrogen (secondary N) is 3. The lowest BCUT2D eigenvalue weighted by molar-refractivity contribution is 0.238. The van der Waals surface area contributed by atoms with Crippen LogP contribution in [-0.2, 0) is 6.42 Å². The predicted molar refractivity (Wildman–Crippen MR) is 140 cm³/mol. The largest absolute Gasteiger partial charge is 0.331 e. The Hall–Kier alpha value is -4.54. The first-order valence-corrected chi connectivity index (χ1v) is 11.9. The average molecular weight is 475 g/mol. The van der Waals surface area contributed by atoms with Crippen LogP contribution in [0.15, 0.2) is 91.4 Å². The Morgan fingerprint density at radius 3 is 2.50 bits per heavy atom. The molecular weight excluding hydrogens is 448 g/mol. The number of nitrogens with zero attached hydrogens (tertiary/aromatic N) is 3. The van der Waals surface area contributed by atoms with E-state index in [0.717, 1.165) is 40.9 Å². The van der Waals surface area contributed by atoms with Crippen LogP contribution in [0.1, 0.15) is 17.5 Å². The van der Waals surface area contributed by atoms with Gasteiger partial charge in [0.1, 0.15) is 6.07 Å². The highest BCUT2D eigenvalue weighted by atomic mass is 16.2. The van der Waals surface area contributed by atoms with Gasteiger partial charge in [0.25, 0.3) is 0 Å². The maximum atomic E-state index is 12.7. The zero-order chi connectivity index (χ0) is 24.8. The normalized spacial score (nSPS) is 16.8. The van der Waals surface area contributed by atoms with Crippen molar-refractivity contribution in [1.82, 2.24) is 20.6 Å². The lowest BCUT2D eigenvalue weighted by Gasteiger charge is -2.30. The number of pyridine rings is 2. The van der Waals surface area contributed by atoms with Crippen LogP contribution in [0.3, 0.4) is 0 Å². The van der Waals surface area contributed by atoms with Gasteiger partial charge in [0.05, 0.1) is 16.8 Å². The number of carbonyl (C=O) groups is 1. The van der Waals surface area contributed by atoms with E-state index in [4.69, 9.17) is 0 Å². The van der Waals surface area contributed by atoms with Crippen molar-refractivity contribution in [1.29, 1.82) is 5.26 Å². The van der Waals surface area contributed by atoms with E-state index in [1.54, 1.807) is 30.7 Å². The van der Waals surface area contributed by atoms with Crippen molar-refractivity contribution in [2.45, 2.75) is 18.4 Å². The Morgan fingerprint density at radius 1 is 1.03 bits per heavy atom. The molecule has 2 aromatic heterocycles. The Bertz CT molecular complexity index is 1380. The van der Waals surface area contributed by atoms with E-state index < -0.39 is 0 Å².